The fourth-order valence-electron chi connectivity index (χ4n) is 1.69. The topological polar surface area (TPSA) is 101 Å². The van der Waals surface area contributed by atoms with E-state index in [1.807, 2.05) is 6.92 Å². The molecule has 19 heavy (non-hydrogen) atoms. The third-order valence-corrected chi connectivity index (χ3v) is 2.62. The average Bonchev–Trinajstić information content (AvgIpc) is 2.29. The number of nitrogen functional groups attached to an aromatic ring is 1. The second-order valence-corrected chi connectivity index (χ2v) is 4.72. The van der Waals surface area contributed by atoms with Crippen LogP contribution in [0.15, 0.2) is 18.2 Å². The van der Waals surface area contributed by atoms with Crippen molar-refractivity contribution in [2.24, 2.45) is 5.73 Å². The van der Waals surface area contributed by atoms with Crippen LogP contribution in [0.2, 0.25) is 0 Å². The molecule has 5 N–H and O–H groups in total. The van der Waals surface area contributed by atoms with Crippen LogP contribution in [0.4, 0.5) is 11.4 Å². The minimum absolute atomic E-state index is 0.106. The lowest BCUT2D eigenvalue weighted by molar-refractivity contribution is -0.118. The molecule has 2 amide bonds. The number of primary amides is 1. The summed E-state index contributed by atoms with van der Waals surface area (Å²) < 4.78 is 0. The third kappa shape index (κ3) is 4.17. The number of carbonyl (C=O) groups excluding carboxylic acids is 2. The average molecular weight is 264 g/mol. The number of nitrogens with two attached hydrogens (primary N) is 2. The van der Waals surface area contributed by atoms with Crippen molar-refractivity contribution >= 4 is 23.2 Å². The van der Waals surface area contributed by atoms with Crippen LogP contribution in [0.1, 0.15) is 23.7 Å². The van der Waals surface area contributed by atoms with Crippen LogP contribution >= 0.6 is 0 Å². The van der Waals surface area contributed by atoms with Gasteiger partial charge in [-0.05, 0) is 25.1 Å². The van der Waals surface area contributed by atoms with E-state index in [0.717, 1.165) is 0 Å². The van der Waals surface area contributed by atoms with Gasteiger partial charge in [-0.3, -0.25) is 9.59 Å². The molecule has 0 bridgehead atoms. The van der Waals surface area contributed by atoms with Crippen molar-refractivity contribution in [3.63, 3.8) is 0 Å². The summed E-state index contributed by atoms with van der Waals surface area (Å²) in [6, 6.07) is 4.86. The van der Waals surface area contributed by atoms with Gasteiger partial charge in [0.1, 0.15) is 0 Å². The first-order valence-corrected chi connectivity index (χ1v) is 5.97. The van der Waals surface area contributed by atoms with Crippen LogP contribution < -0.4 is 16.8 Å². The summed E-state index contributed by atoms with van der Waals surface area (Å²) in [7, 11) is 3.36. The summed E-state index contributed by atoms with van der Waals surface area (Å²) in [6.07, 6.45) is 0.200. The molecular formula is C13H20N4O2. The van der Waals surface area contributed by atoms with E-state index in [1.165, 1.54) is 4.90 Å². The van der Waals surface area contributed by atoms with Gasteiger partial charge in [-0.15, -0.1) is 0 Å². The van der Waals surface area contributed by atoms with Gasteiger partial charge in [-0.1, -0.05) is 0 Å². The molecule has 1 unspecified atom stereocenters. The first kappa shape index (κ1) is 14.8. The van der Waals surface area contributed by atoms with Crippen molar-refractivity contribution in [2.45, 2.75) is 19.4 Å². The molecular weight excluding hydrogens is 244 g/mol. The van der Waals surface area contributed by atoms with Crippen molar-refractivity contribution in [1.82, 2.24) is 4.90 Å². The molecule has 0 saturated heterocycles. The summed E-state index contributed by atoms with van der Waals surface area (Å²) in [5.74, 6) is -0.496. The predicted molar refractivity (Wildman–Crippen MR) is 75.8 cm³/mol. The Bertz CT molecular complexity index is 486. The fourth-order valence-corrected chi connectivity index (χ4v) is 1.69. The smallest absolute Gasteiger partial charge is 0.253 e. The van der Waals surface area contributed by atoms with Crippen molar-refractivity contribution in [1.29, 1.82) is 0 Å². The standard InChI is InChI=1S/C13H20N4O2/c1-8(6-12(15)18)16-11-7-9(4-5-10(11)14)13(19)17(2)3/h4-5,7-8,16H,6,14H2,1-3H3,(H2,15,18). The molecule has 0 aliphatic carbocycles. The van der Waals surface area contributed by atoms with Gasteiger partial charge in [0.2, 0.25) is 5.91 Å². The highest BCUT2D eigenvalue weighted by atomic mass is 16.2. The number of carbonyl (C=O) groups is 2. The molecule has 0 saturated carbocycles. The zero-order chi connectivity index (χ0) is 14.6. The van der Waals surface area contributed by atoms with Crippen molar-refractivity contribution in [3.8, 4) is 0 Å². The maximum Gasteiger partial charge on any atom is 0.253 e. The van der Waals surface area contributed by atoms with E-state index in [9.17, 15) is 9.59 Å². The summed E-state index contributed by atoms with van der Waals surface area (Å²) in [5.41, 5.74) is 12.7. The van der Waals surface area contributed by atoms with Gasteiger partial charge in [-0.2, -0.15) is 0 Å². The number of rotatable bonds is 5. The summed E-state index contributed by atoms with van der Waals surface area (Å²) in [4.78, 5) is 24.2. The van der Waals surface area contributed by atoms with Gasteiger partial charge < -0.3 is 21.7 Å². The van der Waals surface area contributed by atoms with Crippen LogP contribution in [0.25, 0.3) is 0 Å². The normalized spacial score (nSPS) is 11.7. The van der Waals surface area contributed by atoms with Gasteiger partial charge in [0.25, 0.3) is 5.91 Å². The first-order valence-electron chi connectivity index (χ1n) is 5.97. The highest BCUT2D eigenvalue weighted by Gasteiger charge is 2.12. The van der Waals surface area contributed by atoms with Crippen LogP contribution in [-0.4, -0.2) is 36.9 Å². The molecule has 0 fully saturated rings. The minimum atomic E-state index is -0.390. The zero-order valence-electron chi connectivity index (χ0n) is 11.4. The number of hydrogen-bond donors (Lipinski definition) is 3. The molecule has 1 aromatic carbocycles. The minimum Gasteiger partial charge on any atom is -0.397 e. The van der Waals surface area contributed by atoms with Gasteiger partial charge >= 0.3 is 0 Å². The van der Waals surface area contributed by atoms with E-state index in [0.29, 0.717) is 16.9 Å². The van der Waals surface area contributed by atoms with Crippen LogP contribution in [0.5, 0.6) is 0 Å². The largest absolute Gasteiger partial charge is 0.397 e. The maximum absolute atomic E-state index is 11.9. The van der Waals surface area contributed by atoms with Gasteiger partial charge in [0, 0.05) is 32.1 Å². The number of nitrogens with zero attached hydrogens (tertiary/aromatic N) is 1. The monoisotopic (exact) mass is 264 g/mol. The van der Waals surface area contributed by atoms with E-state index in [4.69, 9.17) is 11.5 Å². The van der Waals surface area contributed by atoms with Gasteiger partial charge in [0.15, 0.2) is 0 Å². The molecule has 1 rings (SSSR count). The molecule has 0 radical (unpaired) electrons. The number of hydrogen-bond acceptors (Lipinski definition) is 4. The van der Waals surface area contributed by atoms with Crippen LogP contribution in [-0.2, 0) is 4.79 Å². The maximum atomic E-state index is 11.9. The molecule has 1 aromatic rings. The molecule has 0 aliphatic heterocycles. The Labute approximate surface area is 112 Å². The fraction of sp³-hybridized carbons (Fsp3) is 0.385. The number of anilines is 2. The first-order chi connectivity index (χ1) is 8.81. The molecule has 0 spiro atoms. The van der Waals surface area contributed by atoms with E-state index >= 15 is 0 Å². The molecule has 6 heteroatoms. The molecule has 6 nitrogen and oxygen atoms in total. The van der Waals surface area contributed by atoms with E-state index in [1.54, 1.807) is 32.3 Å². The molecule has 104 valence electrons. The van der Waals surface area contributed by atoms with Crippen molar-refractivity contribution < 1.29 is 9.59 Å². The van der Waals surface area contributed by atoms with E-state index in [-0.39, 0.29) is 24.3 Å². The van der Waals surface area contributed by atoms with Crippen molar-refractivity contribution in [2.75, 3.05) is 25.1 Å². The SMILES string of the molecule is CC(CC(N)=O)Nc1cc(C(=O)N(C)C)ccc1N. The lowest BCUT2D eigenvalue weighted by Crippen LogP contribution is -2.25. The van der Waals surface area contributed by atoms with Gasteiger partial charge in [0.05, 0.1) is 11.4 Å². The van der Waals surface area contributed by atoms with E-state index < -0.39 is 0 Å². The second-order valence-electron chi connectivity index (χ2n) is 4.72. The Hall–Kier alpha value is -2.24. The summed E-state index contributed by atoms with van der Waals surface area (Å²) in [5, 5.41) is 3.08. The van der Waals surface area contributed by atoms with Crippen LogP contribution in [0.3, 0.4) is 0 Å². The zero-order valence-corrected chi connectivity index (χ0v) is 11.4. The Morgan fingerprint density at radius 1 is 1.37 bits per heavy atom. The van der Waals surface area contributed by atoms with Gasteiger partial charge in [-0.25, -0.2) is 0 Å². The van der Waals surface area contributed by atoms with E-state index in [2.05, 4.69) is 5.32 Å². The predicted octanol–water partition coefficient (Wildman–Crippen LogP) is 0.646. The highest BCUT2D eigenvalue weighted by Crippen LogP contribution is 2.22. The molecule has 0 aliphatic rings. The second kappa shape index (κ2) is 6.08. The Kier molecular flexibility index (Phi) is 4.74. The van der Waals surface area contributed by atoms with Crippen molar-refractivity contribution in [3.05, 3.63) is 23.8 Å². The lowest BCUT2D eigenvalue weighted by Gasteiger charge is -2.17. The third-order valence-electron chi connectivity index (χ3n) is 2.62. The summed E-state index contributed by atoms with van der Waals surface area (Å²) >= 11 is 0. The molecule has 0 heterocycles. The number of nitrogens with one attached hydrogen (secondary N) is 1. The Morgan fingerprint density at radius 2 is 2.00 bits per heavy atom. The Morgan fingerprint density at radius 3 is 2.53 bits per heavy atom. The van der Waals surface area contributed by atoms with Crippen LogP contribution in [0, 0.1) is 0 Å². The highest BCUT2D eigenvalue weighted by molar-refractivity contribution is 5.96. The Balaban J connectivity index is 2.91. The molecule has 1 atom stereocenters. The lowest BCUT2D eigenvalue weighted by atomic mass is 10.1. The summed E-state index contributed by atoms with van der Waals surface area (Å²) in [6.45, 7) is 1.82. The molecule has 0 aromatic heterocycles. The number of benzene rings is 1. The quantitative estimate of drug-likeness (QED) is 0.679. The number of amides is 2.